The number of benzene rings is 1. The Hall–Kier alpha value is -3.97. The summed E-state index contributed by atoms with van der Waals surface area (Å²) in [7, 11) is 0. The number of nitrogens with zero attached hydrogens (tertiary/aromatic N) is 5. The van der Waals surface area contributed by atoms with E-state index in [9.17, 15) is 18.0 Å². The predicted octanol–water partition coefficient (Wildman–Crippen LogP) is 5.11. The topological polar surface area (TPSA) is 102 Å². The van der Waals surface area contributed by atoms with E-state index in [4.69, 9.17) is 14.2 Å². The van der Waals surface area contributed by atoms with Crippen LogP contribution in [0.3, 0.4) is 0 Å². The van der Waals surface area contributed by atoms with Crippen molar-refractivity contribution in [2.24, 2.45) is 0 Å². The van der Waals surface area contributed by atoms with Gasteiger partial charge >= 0.3 is 12.2 Å². The van der Waals surface area contributed by atoms with Gasteiger partial charge in [-0.2, -0.15) is 13.2 Å². The number of hydrogen-bond donors (Lipinski definition) is 1. The molecule has 41 heavy (non-hydrogen) atoms. The molecule has 2 fully saturated rings. The standard InChI is InChI=1S/C28H29F3N6O4/c1-27(2)40-16-21(41-27)15-39-23-12-19(8-9-32-23)34-26(38)37-20-7-4-10-36(14-20)22-13-33-24(35-25(22)37)17-5-3-6-18(11-17)28(29,30)31/h3,5-6,8-9,11-13,20-21H,4,7,10,14-16H2,1-2H3,(H,32,34,38)/t20-,21?/m0/s1. The summed E-state index contributed by atoms with van der Waals surface area (Å²) in [5.74, 6) is 0.108. The fourth-order valence-electron chi connectivity index (χ4n) is 5.33. The third kappa shape index (κ3) is 5.77. The summed E-state index contributed by atoms with van der Waals surface area (Å²) in [6, 6.07) is 7.53. The first-order valence-electron chi connectivity index (χ1n) is 13.4. The van der Waals surface area contributed by atoms with Gasteiger partial charge in [-0.05, 0) is 44.9 Å². The lowest BCUT2D eigenvalue weighted by Gasteiger charge is -2.45. The van der Waals surface area contributed by atoms with Gasteiger partial charge in [-0.3, -0.25) is 4.90 Å². The first-order chi connectivity index (χ1) is 19.6. The van der Waals surface area contributed by atoms with Gasteiger partial charge in [-0.15, -0.1) is 0 Å². The fourth-order valence-corrected chi connectivity index (χ4v) is 5.33. The number of rotatable bonds is 5. The van der Waals surface area contributed by atoms with E-state index in [-0.39, 0.29) is 30.1 Å². The number of hydrogen-bond acceptors (Lipinski definition) is 8. The van der Waals surface area contributed by atoms with E-state index in [1.807, 2.05) is 13.8 Å². The fraction of sp³-hybridized carbons (Fsp3) is 0.429. The van der Waals surface area contributed by atoms with Crippen LogP contribution in [-0.4, -0.2) is 65.2 Å². The number of aromatic nitrogens is 3. The number of anilines is 3. The Morgan fingerprint density at radius 1 is 1.22 bits per heavy atom. The summed E-state index contributed by atoms with van der Waals surface area (Å²) in [6.45, 7) is 5.69. The zero-order valence-electron chi connectivity index (χ0n) is 22.5. The van der Waals surface area contributed by atoms with E-state index in [2.05, 4.69) is 25.2 Å². The molecule has 216 valence electrons. The van der Waals surface area contributed by atoms with Crippen LogP contribution in [0.25, 0.3) is 11.4 Å². The van der Waals surface area contributed by atoms with Gasteiger partial charge in [0.1, 0.15) is 12.7 Å². The van der Waals surface area contributed by atoms with E-state index in [1.165, 1.54) is 18.3 Å². The third-order valence-corrected chi connectivity index (χ3v) is 7.22. The van der Waals surface area contributed by atoms with Gasteiger partial charge in [0.25, 0.3) is 0 Å². The molecule has 2 amide bonds. The molecular weight excluding hydrogens is 541 g/mol. The number of carbonyl (C=O) groups is 1. The molecule has 0 saturated carbocycles. The SMILES string of the molecule is CC1(C)OCC(COc2cc(NC(=O)N3c4nc(-c5cccc(C(F)(F)F)c5)ncc4N4CCC[C@H]3C4)ccn2)O1. The molecule has 3 aliphatic heterocycles. The van der Waals surface area contributed by atoms with E-state index >= 15 is 0 Å². The lowest BCUT2D eigenvalue weighted by Crippen LogP contribution is -2.56. The maximum Gasteiger partial charge on any atom is 0.416 e. The van der Waals surface area contributed by atoms with Crippen molar-refractivity contribution in [2.75, 3.05) is 41.4 Å². The molecule has 2 atom stereocenters. The minimum atomic E-state index is -4.50. The minimum absolute atomic E-state index is 0.106. The zero-order chi connectivity index (χ0) is 28.8. The molecule has 1 unspecified atom stereocenters. The molecule has 0 spiro atoms. The Bertz CT molecular complexity index is 1450. The Labute approximate surface area is 234 Å². The van der Waals surface area contributed by atoms with Crippen LogP contribution in [0.4, 0.5) is 35.2 Å². The van der Waals surface area contributed by atoms with E-state index < -0.39 is 23.6 Å². The van der Waals surface area contributed by atoms with E-state index in [1.54, 1.807) is 23.2 Å². The highest BCUT2D eigenvalue weighted by Gasteiger charge is 2.39. The largest absolute Gasteiger partial charge is 0.475 e. The van der Waals surface area contributed by atoms with Crippen LogP contribution in [0.1, 0.15) is 32.3 Å². The first-order valence-corrected chi connectivity index (χ1v) is 13.4. The summed E-state index contributed by atoms with van der Waals surface area (Å²) in [5, 5.41) is 2.91. The molecule has 3 aliphatic rings. The molecule has 6 rings (SSSR count). The van der Waals surface area contributed by atoms with Crippen LogP contribution in [0.5, 0.6) is 5.88 Å². The first kappa shape index (κ1) is 27.2. The smallest absolute Gasteiger partial charge is 0.416 e. The lowest BCUT2D eigenvalue weighted by atomic mass is 10.0. The Morgan fingerprint density at radius 2 is 2.07 bits per heavy atom. The number of ether oxygens (including phenoxy) is 3. The molecule has 3 aromatic rings. The van der Waals surface area contributed by atoms with Crippen molar-refractivity contribution in [3.63, 3.8) is 0 Å². The van der Waals surface area contributed by atoms with Crippen molar-refractivity contribution in [2.45, 2.75) is 50.8 Å². The second-order valence-corrected chi connectivity index (χ2v) is 10.7. The maximum absolute atomic E-state index is 13.7. The van der Waals surface area contributed by atoms with Gasteiger partial charge < -0.3 is 24.4 Å². The van der Waals surface area contributed by atoms with Crippen molar-refractivity contribution in [3.05, 3.63) is 54.4 Å². The second kappa shape index (κ2) is 10.5. The van der Waals surface area contributed by atoms with Crippen LogP contribution in [0.15, 0.2) is 48.8 Å². The summed E-state index contributed by atoms with van der Waals surface area (Å²) >= 11 is 0. The van der Waals surface area contributed by atoms with Crippen molar-refractivity contribution in [1.82, 2.24) is 15.0 Å². The number of fused-ring (bicyclic) bond motifs is 4. The van der Waals surface area contributed by atoms with Crippen molar-refractivity contribution >= 4 is 23.2 Å². The zero-order valence-corrected chi connectivity index (χ0v) is 22.5. The number of pyridine rings is 1. The number of carbonyl (C=O) groups excluding carboxylic acids is 1. The average Bonchev–Trinajstić information content (AvgIpc) is 3.30. The van der Waals surface area contributed by atoms with Gasteiger partial charge in [0.05, 0.1) is 30.1 Å². The van der Waals surface area contributed by atoms with Crippen molar-refractivity contribution in [1.29, 1.82) is 0 Å². The molecule has 1 N–H and O–H groups in total. The summed E-state index contributed by atoms with van der Waals surface area (Å²) < 4.78 is 57.1. The van der Waals surface area contributed by atoms with Crippen LogP contribution in [0.2, 0.25) is 0 Å². The van der Waals surface area contributed by atoms with Gasteiger partial charge in [-0.1, -0.05) is 12.1 Å². The summed E-state index contributed by atoms with van der Waals surface area (Å²) in [4.78, 5) is 30.6. The monoisotopic (exact) mass is 570 g/mol. The maximum atomic E-state index is 13.7. The van der Waals surface area contributed by atoms with Crippen LogP contribution in [0, 0.1) is 0 Å². The lowest BCUT2D eigenvalue weighted by molar-refractivity contribution is -0.141. The van der Waals surface area contributed by atoms with Crippen molar-refractivity contribution < 1.29 is 32.2 Å². The van der Waals surface area contributed by atoms with E-state index in [0.717, 1.165) is 31.5 Å². The molecule has 10 nitrogen and oxygen atoms in total. The third-order valence-electron chi connectivity index (χ3n) is 7.22. The number of amides is 2. The molecule has 0 radical (unpaired) electrons. The van der Waals surface area contributed by atoms with Crippen LogP contribution < -0.4 is 19.9 Å². The average molecular weight is 571 g/mol. The van der Waals surface area contributed by atoms with Crippen LogP contribution in [-0.2, 0) is 15.7 Å². The second-order valence-electron chi connectivity index (χ2n) is 10.7. The quantitative estimate of drug-likeness (QED) is 0.452. The number of piperidine rings is 1. The molecule has 2 bridgehead atoms. The van der Waals surface area contributed by atoms with Gasteiger partial charge in [0.2, 0.25) is 5.88 Å². The number of halogens is 3. The molecular formula is C28H29F3N6O4. The molecule has 1 aromatic carbocycles. The highest BCUT2D eigenvalue weighted by Crippen LogP contribution is 2.39. The normalized spacial score (nSPS) is 21.4. The number of alkyl halides is 3. The Balaban J connectivity index is 1.24. The van der Waals surface area contributed by atoms with Crippen molar-refractivity contribution in [3.8, 4) is 17.3 Å². The van der Waals surface area contributed by atoms with Gasteiger partial charge in [0.15, 0.2) is 17.4 Å². The molecule has 0 aliphatic carbocycles. The van der Waals surface area contributed by atoms with Gasteiger partial charge in [0, 0.05) is 36.6 Å². The summed E-state index contributed by atoms with van der Waals surface area (Å²) in [5.41, 5.74) is 0.547. The molecule has 5 heterocycles. The number of nitrogens with one attached hydrogen (secondary N) is 1. The molecule has 2 saturated heterocycles. The number of urea groups is 1. The Kier molecular flexibility index (Phi) is 6.94. The highest BCUT2D eigenvalue weighted by atomic mass is 19.4. The summed E-state index contributed by atoms with van der Waals surface area (Å²) in [6.07, 6.45) is 0.00221. The minimum Gasteiger partial charge on any atom is -0.475 e. The van der Waals surface area contributed by atoms with Crippen LogP contribution >= 0.6 is 0 Å². The predicted molar refractivity (Wildman–Crippen MR) is 144 cm³/mol. The molecule has 13 heteroatoms. The Morgan fingerprint density at radius 3 is 2.85 bits per heavy atom. The highest BCUT2D eigenvalue weighted by molar-refractivity contribution is 6.04. The molecule has 2 aromatic heterocycles. The van der Waals surface area contributed by atoms with E-state index in [0.29, 0.717) is 36.2 Å². The van der Waals surface area contributed by atoms with Gasteiger partial charge in [-0.25, -0.2) is 19.7 Å².